The lowest BCUT2D eigenvalue weighted by molar-refractivity contribution is 0.0698. The van der Waals surface area contributed by atoms with E-state index >= 15 is 0 Å². The third-order valence-electron chi connectivity index (χ3n) is 2.25. The van der Waals surface area contributed by atoms with Gasteiger partial charge in [0.15, 0.2) is 0 Å². The molecule has 0 heterocycles. The van der Waals surface area contributed by atoms with Gasteiger partial charge in [-0.2, -0.15) is 11.8 Å². The van der Waals surface area contributed by atoms with Crippen LogP contribution in [0.5, 0.6) is 0 Å². The summed E-state index contributed by atoms with van der Waals surface area (Å²) < 4.78 is 0.645. The van der Waals surface area contributed by atoms with E-state index in [1.165, 1.54) is 6.07 Å². The molecule has 0 saturated heterocycles. The SMILES string of the molecule is CSCC(C)NC(=O)Nc1ccc(Br)cc1C(=O)O. The van der Waals surface area contributed by atoms with Crippen LogP contribution in [0.3, 0.4) is 0 Å². The monoisotopic (exact) mass is 346 g/mol. The lowest BCUT2D eigenvalue weighted by Crippen LogP contribution is -2.37. The van der Waals surface area contributed by atoms with E-state index < -0.39 is 12.0 Å². The van der Waals surface area contributed by atoms with E-state index in [0.29, 0.717) is 4.47 Å². The number of urea groups is 1. The summed E-state index contributed by atoms with van der Waals surface area (Å²) in [7, 11) is 0. The molecule has 1 aromatic carbocycles. The normalized spacial score (nSPS) is 11.7. The largest absolute Gasteiger partial charge is 0.478 e. The van der Waals surface area contributed by atoms with Gasteiger partial charge in [0.1, 0.15) is 0 Å². The summed E-state index contributed by atoms with van der Waals surface area (Å²) in [6, 6.07) is 4.27. The number of carbonyl (C=O) groups excluding carboxylic acids is 1. The van der Waals surface area contributed by atoms with E-state index in [1.54, 1.807) is 23.9 Å². The third-order valence-corrected chi connectivity index (χ3v) is 3.58. The number of anilines is 1. The predicted molar refractivity (Wildman–Crippen MR) is 81.1 cm³/mol. The summed E-state index contributed by atoms with van der Waals surface area (Å²) in [5.41, 5.74) is 0.312. The van der Waals surface area contributed by atoms with Crippen LogP contribution in [0.2, 0.25) is 0 Å². The van der Waals surface area contributed by atoms with Crippen LogP contribution in [0.4, 0.5) is 10.5 Å². The fourth-order valence-corrected chi connectivity index (χ4v) is 2.42. The Morgan fingerprint density at radius 1 is 1.47 bits per heavy atom. The standard InChI is InChI=1S/C12H15BrN2O3S/c1-7(6-19-2)14-12(18)15-10-4-3-8(13)5-9(10)11(16)17/h3-5,7H,6H2,1-2H3,(H,16,17)(H2,14,15,18). The Balaban J connectivity index is 2.76. The van der Waals surface area contributed by atoms with Gasteiger partial charge in [0.05, 0.1) is 11.3 Å². The predicted octanol–water partition coefficient (Wildman–Crippen LogP) is 3.02. The van der Waals surface area contributed by atoms with Crippen molar-refractivity contribution in [2.24, 2.45) is 0 Å². The van der Waals surface area contributed by atoms with Crippen molar-refractivity contribution in [1.82, 2.24) is 5.32 Å². The van der Waals surface area contributed by atoms with Gasteiger partial charge >= 0.3 is 12.0 Å². The molecule has 0 bridgehead atoms. The van der Waals surface area contributed by atoms with Crippen molar-refractivity contribution in [3.05, 3.63) is 28.2 Å². The van der Waals surface area contributed by atoms with Crippen molar-refractivity contribution in [2.75, 3.05) is 17.3 Å². The van der Waals surface area contributed by atoms with Crippen molar-refractivity contribution in [3.8, 4) is 0 Å². The highest BCUT2D eigenvalue weighted by molar-refractivity contribution is 9.10. The highest BCUT2D eigenvalue weighted by atomic mass is 79.9. The van der Waals surface area contributed by atoms with Crippen LogP contribution in [0.25, 0.3) is 0 Å². The molecule has 0 aliphatic heterocycles. The topological polar surface area (TPSA) is 78.4 Å². The minimum absolute atomic E-state index is 0.0127. The maximum Gasteiger partial charge on any atom is 0.337 e. The Labute approximate surface area is 124 Å². The highest BCUT2D eigenvalue weighted by Gasteiger charge is 2.14. The van der Waals surface area contributed by atoms with Gasteiger partial charge < -0.3 is 15.7 Å². The molecule has 7 heteroatoms. The molecule has 1 aromatic rings. The lowest BCUT2D eigenvalue weighted by atomic mass is 10.2. The van der Waals surface area contributed by atoms with Crippen LogP contribution >= 0.6 is 27.7 Å². The van der Waals surface area contributed by atoms with E-state index in [0.717, 1.165) is 5.75 Å². The summed E-state index contributed by atoms with van der Waals surface area (Å²) in [5.74, 6) is -0.298. The van der Waals surface area contributed by atoms with Crippen LogP contribution < -0.4 is 10.6 Å². The zero-order chi connectivity index (χ0) is 14.4. The number of nitrogens with one attached hydrogen (secondary N) is 2. The van der Waals surface area contributed by atoms with Crippen LogP contribution in [-0.4, -0.2) is 35.2 Å². The van der Waals surface area contributed by atoms with Gasteiger partial charge in [-0.1, -0.05) is 15.9 Å². The minimum Gasteiger partial charge on any atom is -0.478 e. The number of rotatable bonds is 5. The molecule has 19 heavy (non-hydrogen) atoms. The number of aromatic carboxylic acids is 1. The van der Waals surface area contributed by atoms with Crippen molar-refractivity contribution < 1.29 is 14.7 Å². The quantitative estimate of drug-likeness (QED) is 0.765. The van der Waals surface area contributed by atoms with Crippen LogP contribution in [0.1, 0.15) is 17.3 Å². The fourth-order valence-electron chi connectivity index (χ4n) is 1.48. The lowest BCUT2D eigenvalue weighted by Gasteiger charge is -2.14. The summed E-state index contributed by atoms with van der Waals surface area (Å²) >= 11 is 4.82. The number of hydrogen-bond acceptors (Lipinski definition) is 3. The molecule has 1 atom stereocenters. The Morgan fingerprint density at radius 3 is 2.74 bits per heavy atom. The Hall–Kier alpha value is -1.21. The number of thioether (sulfide) groups is 1. The van der Waals surface area contributed by atoms with Crippen molar-refractivity contribution >= 4 is 45.4 Å². The number of carbonyl (C=O) groups is 2. The van der Waals surface area contributed by atoms with Crippen molar-refractivity contribution in [2.45, 2.75) is 13.0 Å². The molecule has 5 nitrogen and oxygen atoms in total. The first-order chi connectivity index (χ1) is 8.93. The number of amides is 2. The van der Waals surface area contributed by atoms with E-state index in [-0.39, 0.29) is 17.3 Å². The molecule has 1 unspecified atom stereocenters. The average Bonchev–Trinajstić information content (AvgIpc) is 2.31. The molecule has 0 aliphatic rings. The number of hydrogen-bond donors (Lipinski definition) is 3. The van der Waals surface area contributed by atoms with Gasteiger partial charge in [-0.3, -0.25) is 0 Å². The number of benzene rings is 1. The zero-order valence-electron chi connectivity index (χ0n) is 10.6. The molecule has 0 saturated carbocycles. The van der Waals surface area contributed by atoms with E-state index in [4.69, 9.17) is 5.11 Å². The molecule has 2 amide bonds. The molecule has 0 fully saturated rings. The maximum absolute atomic E-state index is 11.7. The van der Waals surface area contributed by atoms with Crippen molar-refractivity contribution in [1.29, 1.82) is 0 Å². The summed E-state index contributed by atoms with van der Waals surface area (Å²) in [6.45, 7) is 1.88. The van der Waals surface area contributed by atoms with Crippen LogP contribution in [0, 0.1) is 0 Å². The Bertz CT molecular complexity index is 482. The van der Waals surface area contributed by atoms with E-state index in [9.17, 15) is 9.59 Å². The van der Waals surface area contributed by atoms with Gasteiger partial charge in [0, 0.05) is 16.3 Å². The van der Waals surface area contributed by atoms with Gasteiger partial charge in [-0.25, -0.2) is 9.59 Å². The van der Waals surface area contributed by atoms with Gasteiger partial charge in [-0.05, 0) is 31.4 Å². The van der Waals surface area contributed by atoms with Crippen LogP contribution in [0.15, 0.2) is 22.7 Å². The maximum atomic E-state index is 11.7. The van der Waals surface area contributed by atoms with Crippen molar-refractivity contribution in [3.63, 3.8) is 0 Å². The van der Waals surface area contributed by atoms with E-state index in [2.05, 4.69) is 26.6 Å². The van der Waals surface area contributed by atoms with Gasteiger partial charge in [0.2, 0.25) is 0 Å². The van der Waals surface area contributed by atoms with Gasteiger partial charge in [-0.15, -0.1) is 0 Å². The smallest absolute Gasteiger partial charge is 0.337 e. The molecule has 0 aromatic heterocycles. The van der Waals surface area contributed by atoms with E-state index in [1.807, 2.05) is 13.2 Å². The first kappa shape index (κ1) is 15.8. The molecule has 104 valence electrons. The molecular weight excluding hydrogens is 332 g/mol. The average molecular weight is 347 g/mol. The summed E-state index contributed by atoms with van der Waals surface area (Å²) in [6.07, 6.45) is 1.95. The summed E-state index contributed by atoms with van der Waals surface area (Å²) in [4.78, 5) is 22.8. The highest BCUT2D eigenvalue weighted by Crippen LogP contribution is 2.21. The minimum atomic E-state index is -1.09. The molecule has 3 N–H and O–H groups in total. The second-order valence-electron chi connectivity index (χ2n) is 3.95. The third kappa shape index (κ3) is 5.12. The summed E-state index contributed by atoms with van der Waals surface area (Å²) in [5, 5.41) is 14.4. The molecule has 1 rings (SSSR count). The number of halogens is 1. The molecular formula is C12H15BrN2O3S. The Kier molecular flexibility index (Phi) is 6.17. The Morgan fingerprint density at radius 2 is 2.16 bits per heavy atom. The molecule has 0 radical (unpaired) electrons. The van der Waals surface area contributed by atoms with Gasteiger partial charge in [0.25, 0.3) is 0 Å². The first-order valence-electron chi connectivity index (χ1n) is 5.53. The molecule has 0 spiro atoms. The fraction of sp³-hybridized carbons (Fsp3) is 0.333. The van der Waals surface area contributed by atoms with Crippen LogP contribution in [-0.2, 0) is 0 Å². The second kappa shape index (κ2) is 7.40. The molecule has 0 aliphatic carbocycles. The number of carboxylic acid groups (broad SMARTS) is 1. The second-order valence-corrected chi connectivity index (χ2v) is 5.78. The number of carboxylic acids is 1. The zero-order valence-corrected chi connectivity index (χ0v) is 13.0. The first-order valence-corrected chi connectivity index (χ1v) is 7.72.